The number of hydrogen-bond acceptors (Lipinski definition) is 3. The molecule has 2 aromatic rings. The molecule has 0 spiro atoms. The van der Waals surface area contributed by atoms with Crippen LogP contribution in [0.1, 0.15) is 15.9 Å². The third-order valence-corrected chi connectivity index (χ3v) is 5.55. The number of benzene rings is 2. The molecule has 3 rings (SSSR count). The van der Waals surface area contributed by atoms with Gasteiger partial charge in [0.05, 0.1) is 0 Å². The Morgan fingerprint density at radius 1 is 1.15 bits per heavy atom. The van der Waals surface area contributed by atoms with Crippen LogP contribution in [0.4, 0.5) is 4.39 Å². The van der Waals surface area contributed by atoms with Crippen molar-refractivity contribution in [2.45, 2.75) is 11.8 Å². The van der Waals surface area contributed by atoms with Gasteiger partial charge in [-0.15, -0.1) is 11.8 Å². The van der Waals surface area contributed by atoms with Crippen molar-refractivity contribution in [3.05, 3.63) is 70.5 Å². The molecule has 1 saturated heterocycles. The van der Waals surface area contributed by atoms with E-state index in [1.54, 1.807) is 28.8 Å². The van der Waals surface area contributed by atoms with E-state index in [0.717, 1.165) is 5.56 Å². The summed E-state index contributed by atoms with van der Waals surface area (Å²) in [7, 11) is 0. The molecule has 2 aromatic carbocycles. The van der Waals surface area contributed by atoms with Crippen molar-refractivity contribution >= 4 is 35.2 Å². The lowest BCUT2D eigenvalue weighted by atomic mass is 10.2. The molecule has 1 heterocycles. The molecule has 0 aliphatic carbocycles. The van der Waals surface area contributed by atoms with E-state index in [9.17, 15) is 14.0 Å². The number of halogens is 2. The minimum atomic E-state index is -0.379. The fourth-order valence-corrected chi connectivity index (χ4v) is 3.93. The molecule has 7 heteroatoms. The first kappa shape index (κ1) is 18.7. The first-order valence-electron chi connectivity index (χ1n) is 8.21. The van der Waals surface area contributed by atoms with Crippen LogP contribution >= 0.6 is 23.4 Å². The van der Waals surface area contributed by atoms with Gasteiger partial charge in [-0.05, 0) is 42.0 Å². The molecular weight excluding hydrogens is 375 g/mol. The molecule has 1 N–H and O–H groups in total. The smallest absolute Gasteiger partial charge is 0.253 e. The molecule has 0 saturated carbocycles. The van der Waals surface area contributed by atoms with Crippen LogP contribution in [0, 0.1) is 5.82 Å². The van der Waals surface area contributed by atoms with Gasteiger partial charge in [-0.2, -0.15) is 0 Å². The van der Waals surface area contributed by atoms with Crippen LogP contribution < -0.4 is 5.32 Å². The fourth-order valence-electron chi connectivity index (χ4n) is 2.67. The van der Waals surface area contributed by atoms with E-state index in [1.807, 2.05) is 12.1 Å². The Morgan fingerprint density at radius 3 is 2.54 bits per heavy atom. The molecule has 1 aliphatic heterocycles. The van der Waals surface area contributed by atoms with Crippen molar-refractivity contribution in [1.29, 1.82) is 0 Å². The van der Waals surface area contributed by atoms with E-state index in [1.165, 1.54) is 24.3 Å². The first-order chi connectivity index (χ1) is 12.5. The van der Waals surface area contributed by atoms with Gasteiger partial charge in [-0.1, -0.05) is 23.7 Å². The minimum absolute atomic E-state index is 0.0958. The van der Waals surface area contributed by atoms with E-state index in [0.29, 0.717) is 36.0 Å². The van der Waals surface area contributed by atoms with Crippen LogP contribution in [0.2, 0.25) is 5.02 Å². The molecule has 0 unspecified atom stereocenters. The quantitative estimate of drug-likeness (QED) is 0.868. The lowest BCUT2D eigenvalue weighted by Gasteiger charge is -2.31. The van der Waals surface area contributed by atoms with Crippen molar-refractivity contribution in [1.82, 2.24) is 10.2 Å². The second-order valence-electron chi connectivity index (χ2n) is 5.96. The number of amides is 2. The summed E-state index contributed by atoms with van der Waals surface area (Å²) in [6.07, 6.45) is 0. The molecule has 0 aromatic heterocycles. The SMILES string of the molecule is O=C(NCc1ccc(Cl)cc1)[C@H]1CN(C(=O)c2ccc(F)cc2)CCS1. The first-order valence-corrected chi connectivity index (χ1v) is 9.64. The number of rotatable bonds is 4. The van der Waals surface area contributed by atoms with E-state index >= 15 is 0 Å². The summed E-state index contributed by atoms with van der Waals surface area (Å²) in [6.45, 7) is 1.33. The summed E-state index contributed by atoms with van der Waals surface area (Å²) in [4.78, 5) is 26.6. The largest absolute Gasteiger partial charge is 0.351 e. The maximum absolute atomic E-state index is 13.0. The number of nitrogens with one attached hydrogen (secondary N) is 1. The van der Waals surface area contributed by atoms with Gasteiger partial charge < -0.3 is 10.2 Å². The van der Waals surface area contributed by atoms with Crippen LogP contribution in [-0.2, 0) is 11.3 Å². The second kappa shape index (κ2) is 8.56. The normalized spacial score (nSPS) is 17.0. The van der Waals surface area contributed by atoms with E-state index in [-0.39, 0.29) is 22.9 Å². The van der Waals surface area contributed by atoms with Crippen molar-refractivity contribution in [2.24, 2.45) is 0 Å². The van der Waals surface area contributed by atoms with Crippen molar-refractivity contribution in [3.63, 3.8) is 0 Å². The van der Waals surface area contributed by atoms with E-state index in [2.05, 4.69) is 5.32 Å². The van der Waals surface area contributed by atoms with Gasteiger partial charge in [0, 0.05) is 36.0 Å². The standard InChI is InChI=1S/C19H18ClFN2O2S/c20-15-5-1-13(2-6-15)11-22-18(24)17-12-23(9-10-26-17)19(25)14-3-7-16(21)8-4-14/h1-8,17H,9-12H2,(H,22,24)/t17-/m1/s1. The lowest BCUT2D eigenvalue weighted by Crippen LogP contribution is -2.47. The van der Waals surface area contributed by atoms with Crippen LogP contribution in [0.3, 0.4) is 0 Å². The topological polar surface area (TPSA) is 49.4 Å². The highest BCUT2D eigenvalue weighted by Gasteiger charge is 2.29. The van der Waals surface area contributed by atoms with Gasteiger partial charge in [0.15, 0.2) is 0 Å². The number of hydrogen-bond donors (Lipinski definition) is 1. The van der Waals surface area contributed by atoms with Crippen molar-refractivity contribution < 1.29 is 14.0 Å². The Balaban J connectivity index is 1.57. The lowest BCUT2D eigenvalue weighted by molar-refractivity contribution is -0.121. The Morgan fingerprint density at radius 2 is 1.85 bits per heavy atom. The number of thioether (sulfide) groups is 1. The zero-order chi connectivity index (χ0) is 18.5. The third-order valence-electron chi connectivity index (χ3n) is 4.12. The summed E-state index contributed by atoms with van der Waals surface area (Å²) >= 11 is 7.39. The Bertz CT molecular complexity index is 783. The van der Waals surface area contributed by atoms with Crippen LogP contribution in [0.5, 0.6) is 0 Å². The summed E-state index contributed by atoms with van der Waals surface area (Å²) in [5.74, 6) is 0.0314. The van der Waals surface area contributed by atoms with Crippen molar-refractivity contribution in [2.75, 3.05) is 18.8 Å². The maximum Gasteiger partial charge on any atom is 0.253 e. The fraction of sp³-hybridized carbons (Fsp3) is 0.263. The predicted octanol–water partition coefficient (Wildman–Crippen LogP) is 3.35. The molecule has 2 amide bonds. The molecule has 1 aliphatic rings. The van der Waals surface area contributed by atoms with Crippen LogP contribution in [0.15, 0.2) is 48.5 Å². The molecular formula is C19H18ClFN2O2S. The number of carbonyl (C=O) groups is 2. The summed E-state index contributed by atoms with van der Waals surface area (Å²) < 4.78 is 13.0. The highest BCUT2D eigenvalue weighted by Crippen LogP contribution is 2.21. The molecule has 4 nitrogen and oxygen atoms in total. The Kier molecular flexibility index (Phi) is 6.16. The Hall–Kier alpha value is -2.05. The second-order valence-corrected chi connectivity index (χ2v) is 7.71. The minimum Gasteiger partial charge on any atom is -0.351 e. The molecule has 0 bridgehead atoms. The summed E-state index contributed by atoms with van der Waals surface area (Å²) in [5, 5.41) is 3.24. The van der Waals surface area contributed by atoms with Gasteiger partial charge in [-0.25, -0.2) is 4.39 Å². The van der Waals surface area contributed by atoms with Gasteiger partial charge in [0.25, 0.3) is 5.91 Å². The average molecular weight is 393 g/mol. The van der Waals surface area contributed by atoms with E-state index in [4.69, 9.17) is 11.6 Å². The zero-order valence-corrected chi connectivity index (χ0v) is 15.5. The number of nitrogens with zero attached hydrogens (tertiary/aromatic N) is 1. The monoisotopic (exact) mass is 392 g/mol. The van der Waals surface area contributed by atoms with E-state index < -0.39 is 0 Å². The molecule has 1 atom stereocenters. The zero-order valence-electron chi connectivity index (χ0n) is 14.0. The molecule has 0 radical (unpaired) electrons. The van der Waals surface area contributed by atoms with Gasteiger partial charge in [0.2, 0.25) is 5.91 Å². The predicted molar refractivity (Wildman–Crippen MR) is 102 cm³/mol. The van der Waals surface area contributed by atoms with Crippen molar-refractivity contribution in [3.8, 4) is 0 Å². The highest BCUT2D eigenvalue weighted by molar-refractivity contribution is 8.00. The average Bonchev–Trinajstić information content (AvgIpc) is 2.67. The maximum atomic E-state index is 13.0. The molecule has 136 valence electrons. The van der Waals surface area contributed by atoms with Gasteiger partial charge in [-0.3, -0.25) is 9.59 Å². The summed E-state index contributed by atoms with van der Waals surface area (Å²) in [5.41, 5.74) is 1.39. The van der Waals surface area contributed by atoms with Gasteiger partial charge >= 0.3 is 0 Å². The highest BCUT2D eigenvalue weighted by atomic mass is 35.5. The van der Waals surface area contributed by atoms with Gasteiger partial charge in [0.1, 0.15) is 11.1 Å². The summed E-state index contributed by atoms with van der Waals surface area (Å²) in [6, 6.07) is 12.7. The number of carbonyl (C=O) groups excluding carboxylic acids is 2. The van der Waals surface area contributed by atoms with Crippen LogP contribution in [0.25, 0.3) is 0 Å². The third kappa shape index (κ3) is 4.77. The Labute approximate surface area is 160 Å². The van der Waals surface area contributed by atoms with Crippen LogP contribution in [-0.4, -0.2) is 40.8 Å². The molecule has 26 heavy (non-hydrogen) atoms. The molecule has 1 fully saturated rings.